The van der Waals surface area contributed by atoms with Crippen molar-refractivity contribution in [2.75, 3.05) is 13.1 Å². The summed E-state index contributed by atoms with van der Waals surface area (Å²) in [5.41, 5.74) is 0.953. The van der Waals surface area contributed by atoms with E-state index in [-0.39, 0.29) is 17.8 Å². The molecule has 1 fully saturated rings. The van der Waals surface area contributed by atoms with E-state index >= 15 is 0 Å². The Kier molecular flexibility index (Phi) is 4.93. The molecule has 1 amide bonds. The molecule has 3 nitrogen and oxygen atoms in total. The fourth-order valence-corrected chi connectivity index (χ4v) is 2.65. The van der Waals surface area contributed by atoms with Gasteiger partial charge >= 0.3 is 0 Å². The van der Waals surface area contributed by atoms with Gasteiger partial charge in [-0.3, -0.25) is 4.79 Å². The van der Waals surface area contributed by atoms with Gasteiger partial charge in [0.1, 0.15) is 5.82 Å². The first-order valence-corrected chi connectivity index (χ1v) is 7.33. The van der Waals surface area contributed by atoms with Gasteiger partial charge in [-0.05, 0) is 53.4 Å². The average molecular weight is 329 g/mol. The molecule has 19 heavy (non-hydrogen) atoms. The van der Waals surface area contributed by atoms with Crippen molar-refractivity contribution in [2.24, 2.45) is 0 Å². The van der Waals surface area contributed by atoms with E-state index in [4.69, 9.17) is 0 Å². The van der Waals surface area contributed by atoms with Gasteiger partial charge < -0.3 is 10.2 Å². The van der Waals surface area contributed by atoms with Crippen LogP contribution in [0.5, 0.6) is 0 Å². The Morgan fingerprint density at radius 3 is 2.79 bits per heavy atom. The summed E-state index contributed by atoms with van der Waals surface area (Å²) in [7, 11) is 0. The lowest BCUT2D eigenvalue weighted by atomic mass is 10.2. The number of rotatable bonds is 4. The smallest absolute Gasteiger partial charge is 0.239 e. The molecule has 2 rings (SSSR count). The lowest BCUT2D eigenvalue weighted by Crippen LogP contribution is -2.43. The molecule has 104 valence electrons. The Morgan fingerprint density at radius 2 is 2.16 bits per heavy atom. The van der Waals surface area contributed by atoms with Gasteiger partial charge in [-0.25, -0.2) is 4.39 Å². The third kappa shape index (κ3) is 3.76. The number of benzene rings is 1. The minimum Gasteiger partial charge on any atom is -0.341 e. The van der Waals surface area contributed by atoms with E-state index in [9.17, 15) is 9.18 Å². The van der Waals surface area contributed by atoms with Gasteiger partial charge in [0.15, 0.2) is 0 Å². The molecular weight excluding hydrogens is 311 g/mol. The first-order chi connectivity index (χ1) is 9.08. The number of nitrogens with zero attached hydrogens (tertiary/aromatic N) is 1. The maximum Gasteiger partial charge on any atom is 0.239 e. The normalized spacial score (nSPS) is 16.7. The van der Waals surface area contributed by atoms with Crippen LogP contribution in [0.15, 0.2) is 22.7 Å². The van der Waals surface area contributed by atoms with Crippen molar-refractivity contribution in [1.29, 1.82) is 0 Å². The van der Waals surface area contributed by atoms with Crippen LogP contribution in [0.3, 0.4) is 0 Å². The Labute approximate surface area is 121 Å². The Morgan fingerprint density at radius 1 is 1.47 bits per heavy atom. The van der Waals surface area contributed by atoms with Crippen LogP contribution in [0, 0.1) is 5.82 Å². The van der Waals surface area contributed by atoms with Crippen LogP contribution >= 0.6 is 15.9 Å². The van der Waals surface area contributed by atoms with Crippen LogP contribution in [0.1, 0.15) is 25.3 Å². The number of carbonyl (C=O) groups excluding carboxylic acids is 1. The highest BCUT2D eigenvalue weighted by Gasteiger charge is 2.22. The van der Waals surface area contributed by atoms with Gasteiger partial charge in [-0.2, -0.15) is 0 Å². The summed E-state index contributed by atoms with van der Waals surface area (Å²) in [6, 6.07) is 4.67. The molecule has 1 unspecified atom stereocenters. The van der Waals surface area contributed by atoms with Crippen molar-refractivity contribution in [3.8, 4) is 0 Å². The van der Waals surface area contributed by atoms with Crippen LogP contribution in [-0.2, 0) is 11.3 Å². The summed E-state index contributed by atoms with van der Waals surface area (Å²) < 4.78 is 13.6. The highest BCUT2D eigenvalue weighted by atomic mass is 79.9. The molecule has 1 atom stereocenters. The predicted molar refractivity (Wildman–Crippen MR) is 76.2 cm³/mol. The SMILES string of the molecule is CC(NCc1ccc(F)c(Br)c1)C(=O)N1CCCC1. The average Bonchev–Trinajstić information content (AvgIpc) is 2.93. The summed E-state index contributed by atoms with van der Waals surface area (Å²) in [6.45, 7) is 4.17. The lowest BCUT2D eigenvalue weighted by molar-refractivity contribution is -0.131. The van der Waals surface area contributed by atoms with Gasteiger partial charge in [-0.1, -0.05) is 6.07 Å². The minimum absolute atomic E-state index is 0.152. The first-order valence-electron chi connectivity index (χ1n) is 6.54. The molecule has 0 aromatic heterocycles. The van der Waals surface area contributed by atoms with E-state index in [2.05, 4.69) is 21.2 Å². The molecular formula is C14H18BrFN2O. The largest absolute Gasteiger partial charge is 0.341 e. The zero-order valence-electron chi connectivity index (χ0n) is 11.0. The second kappa shape index (κ2) is 6.48. The van der Waals surface area contributed by atoms with E-state index in [1.54, 1.807) is 12.1 Å². The monoisotopic (exact) mass is 328 g/mol. The van der Waals surface area contributed by atoms with Gasteiger partial charge in [0.2, 0.25) is 5.91 Å². The van der Waals surface area contributed by atoms with E-state index in [0.29, 0.717) is 11.0 Å². The standard InChI is InChI=1S/C14H18BrFN2O/c1-10(14(19)18-6-2-3-7-18)17-9-11-4-5-13(16)12(15)8-11/h4-5,8,10,17H,2-3,6-7,9H2,1H3. The molecule has 1 aromatic rings. The summed E-state index contributed by atoms with van der Waals surface area (Å²) in [6.07, 6.45) is 2.20. The Hall–Kier alpha value is -0.940. The van der Waals surface area contributed by atoms with Crippen LogP contribution in [0.4, 0.5) is 4.39 Å². The number of amides is 1. The molecule has 1 N–H and O–H groups in total. The fourth-order valence-electron chi connectivity index (χ4n) is 2.22. The quantitative estimate of drug-likeness (QED) is 0.921. The van der Waals surface area contributed by atoms with Crippen LogP contribution in [0.2, 0.25) is 0 Å². The van der Waals surface area contributed by atoms with Gasteiger partial charge in [-0.15, -0.1) is 0 Å². The number of nitrogens with one attached hydrogen (secondary N) is 1. The Balaban J connectivity index is 1.87. The maximum atomic E-state index is 13.1. The number of hydrogen-bond donors (Lipinski definition) is 1. The van der Waals surface area contributed by atoms with E-state index in [1.807, 2.05) is 11.8 Å². The molecule has 0 bridgehead atoms. The van der Waals surface area contributed by atoms with Gasteiger partial charge in [0.25, 0.3) is 0 Å². The summed E-state index contributed by atoms with van der Waals surface area (Å²) in [4.78, 5) is 14.0. The highest BCUT2D eigenvalue weighted by molar-refractivity contribution is 9.10. The van der Waals surface area contributed by atoms with Crippen LogP contribution < -0.4 is 5.32 Å². The molecule has 1 saturated heterocycles. The van der Waals surface area contributed by atoms with E-state index in [0.717, 1.165) is 31.5 Å². The first kappa shape index (κ1) is 14.5. The van der Waals surface area contributed by atoms with E-state index in [1.165, 1.54) is 6.07 Å². The molecule has 0 spiro atoms. The van der Waals surface area contributed by atoms with Crippen molar-refractivity contribution in [3.05, 3.63) is 34.1 Å². The minimum atomic E-state index is -0.273. The van der Waals surface area contributed by atoms with Crippen molar-refractivity contribution in [2.45, 2.75) is 32.4 Å². The lowest BCUT2D eigenvalue weighted by Gasteiger charge is -2.21. The van der Waals surface area contributed by atoms with Crippen LogP contribution in [-0.4, -0.2) is 29.9 Å². The van der Waals surface area contributed by atoms with Gasteiger partial charge in [0, 0.05) is 19.6 Å². The highest BCUT2D eigenvalue weighted by Crippen LogP contribution is 2.17. The molecule has 0 radical (unpaired) electrons. The summed E-state index contributed by atoms with van der Waals surface area (Å²) in [5.74, 6) is -0.122. The van der Waals surface area contributed by atoms with E-state index < -0.39 is 0 Å². The second-order valence-electron chi connectivity index (χ2n) is 4.88. The molecule has 0 saturated carbocycles. The second-order valence-corrected chi connectivity index (χ2v) is 5.74. The molecule has 5 heteroatoms. The van der Waals surface area contributed by atoms with Crippen LogP contribution in [0.25, 0.3) is 0 Å². The molecule has 1 aromatic carbocycles. The number of likely N-dealkylation sites (tertiary alicyclic amines) is 1. The summed E-state index contributed by atoms with van der Waals surface area (Å²) in [5, 5.41) is 3.19. The topological polar surface area (TPSA) is 32.3 Å². The zero-order chi connectivity index (χ0) is 13.8. The van der Waals surface area contributed by atoms with Crippen molar-refractivity contribution < 1.29 is 9.18 Å². The number of halogens is 2. The molecule has 1 heterocycles. The Bertz CT molecular complexity index is 461. The fraction of sp³-hybridized carbons (Fsp3) is 0.500. The number of hydrogen-bond acceptors (Lipinski definition) is 2. The molecule has 1 aliphatic heterocycles. The van der Waals surface area contributed by atoms with Gasteiger partial charge in [0.05, 0.1) is 10.5 Å². The third-order valence-electron chi connectivity index (χ3n) is 3.38. The predicted octanol–water partition coefficient (Wildman–Crippen LogP) is 2.69. The van der Waals surface area contributed by atoms with Crippen molar-refractivity contribution in [3.63, 3.8) is 0 Å². The molecule has 0 aliphatic carbocycles. The van der Waals surface area contributed by atoms with Crippen molar-refractivity contribution in [1.82, 2.24) is 10.2 Å². The summed E-state index contributed by atoms with van der Waals surface area (Å²) >= 11 is 3.16. The number of carbonyl (C=O) groups is 1. The maximum absolute atomic E-state index is 13.1. The third-order valence-corrected chi connectivity index (χ3v) is 3.99. The molecule has 1 aliphatic rings. The zero-order valence-corrected chi connectivity index (χ0v) is 12.5. The van der Waals surface area contributed by atoms with Crippen molar-refractivity contribution >= 4 is 21.8 Å².